The second kappa shape index (κ2) is 7.99. The average molecular weight is 387 g/mol. The maximum absolute atomic E-state index is 12.7. The molecular formula is C22H34N4O2. The Kier molecular flexibility index (Phi) is 5.61. The summed E-state index contributed by atoms with van der Waals surface area (Å²) in [5, 5.41) is 0. The molecule has 0 aromatic carbocycles. The Bertz CT molecular complexity index is 792. The average Bonchev–Trinajstić information content (AvgIpc) is 2.63. The lowest BCUT2D eigenvalue weighted by Crippen LogP contribution is -2.47. The standard InChI is InChI=1S/C22H34N4O2/c1-14-5-6-18(15(2)9-14)12-25-8-7-19-20(13-25)23-22(24-21(19)27)26-10-16(3)28-17(4)11-26/h9,15-18H,5-8,10-13H2,1-4H3,(H,23,24,27)/t15-,16-,17+,18+/m0/s1. The second-order valence-corrected chi connectivity index (χ2v) is 9.13. The highest BCUT2D eigenvalue weighted by Gasteiger charge is 2.29. The van der Waals surface area contributed by atoms with E-state index < -0.39 is 0 Å². The normalized spacial score (nSPS) is 31.4. The number of nitrogens with one attached hydrogen (secondary N) is 1. The molecule has 6 heteroatoms. The molecule has 0 spiro atoms. The Labute approximate surface area is 168 Å². The third-order valence-electron chi connectivity index (χ3n) is 6.55. The van der Waals surface area contributed by atoms with Crippen LogP contribution in [0.5, 0.6) is 0 Å². The van der Waals surface area contributed by atoms with Gasteiger partial charge in [-0.3, -0.25) is 14.7 Å². The van der Waals surface area contributed by atoms with Crippen LogP contribution in [0.15, 0.2) is 16.4 Å². The van der Waals surface area contributed by atoms with Gasteiger partial charge in [0.2, 0.25) is 5.95 Å². The molecule has 0 radical (unpaired) electrons. The SMILES string of the molecule is CC1=C[C@H](C)[C@@H](CN2CCc3c(nc(N4C[C@@H](C)O[C@@H](C)C4)[nH]c3=O)C2)CC1. The molecule has 0 unspecified atom stereocenters. The number of H-pyrrole nitrogens is 1. The summed E-state index contributed by atoms with van der Waals surface area (Å²) in [5.41, 5.74) is 3.41. The molecule has 3 aliphatic rings. The van der Waals surface area contributed by atoms with E-state index in [1.54, 1.807) is 0 Å². The van der Waals surface area contributed by atoms with Crippen molar-refractivity contribution in [1.82, 2.24) is 14.9 Å². The fraction of sp³-hybridized carbons (Fsp3) is 0.727. The van der Waals surface area contributed by atoms with Crippen LogP contribution in [0.4, 0.5) is 5.95 Å². The molecule has 6 nitrogen and oxygen atoms in total. The van der Waals surface area contributed by atoms with Gasteiger partial charge in [-0.1, -0.05) is 18.6 Å². The fourth-order valence-corrected chi connectivity index (χ4v) is 5.07. The first kappa shape index (κ1) is 19.6. The third kappa shape index (κ3) is 4.18. The van der Waals surface area contributed by atoms with E-state index in [2.05, 4.69) is 48.6 Å². The van der Waals surface area contributed by atoms with Gasteiger partial charge < -0.3 is 9.64 Å². The lowest BCUT2D eigenvalue weighted by atomic mass is 9.81. The molecular weight excluding hydrogens is 352 g/mol. The largest absolute Gasteiger partial charge is 0.372 e. The first-order valence-corrected chi connectivity index (χ1v) is 10.8. The Balaban J connectivity index is 1.50. The van der Waals surface area contributed by atoms with Gasteiger partial charge in [-0.25, -0.2) is 4.98 Å². The van der Waals surface area contributed by atoms with E-state index in [0.717, 1.165) is 50.4 Å². The summed E-state index contributed by atoms with van der Waals surface area (Å²) in [6.07, 6.45) is 6.01. The first-order chi connectivity index (χ1) is 13.4. The van der Waals surface area contributed by atoms with Crippen LogP contribution in [0.25, 0.3) is 0 Å². The van der Waals surface area contributed by atoms with E-state index in [4.69, 9.17) is 9.72 Å². The van der Waals surface area contributed by atoms with Crippen LogP contribution in [-0.2, 0) is 17.7 Å². The number of nitrogens with zero attached hydrogens (tertiary/aromatic N) is 3. The molecule has 2 aliphatic heterocycles. The minimum absolute atomic E-state index is 0.0380. The molecule has 0 amide bonds. The van der Waals surface area contributed by atoms with Crippen LogP contribution in [0, 0.1) is 11.8 Å². The van der Waals surface area contributed by atoms with Crippen molar-refractivity contribution in [3.05, 3.63) is 33.3 Å². The summed E-state index contributed by atoms with van der Waals surface area (Å²) >= 11 is 0. The van der Waals surface area contributed by atoms with Crippen LogP contribution >= 0.6 is 0 Å². The highest BCUT2D eigenvalue weighted by molar-refractivity contribution is 5.35. The number of fused-ring (bicyclic) bond motifs is 1. The number of ether oxygens (including phenoxy) is 1. The smallest absolute Gasteiger partial charge is 0.255 e. The zero-order valence-electron chi connectivity index (χ0n) is 17.7. The van der Waals surface area contributed by atoms with Crippen molar-refractivity contribution in [3.8, 4) is 0 Å². The molecule has 0 bridgehead atoms. The van der Waals surface area contributed by atoms with E-state index in [0.29, 0.717) is 17.8 Å². The van der Waals surface area contributed by atoms with E-state index in [1.165, 1.54) is 18.4 Å². The highest BCUT2D eigenvalue weighted by atomic mass is 16.5. The van der Waals surface area contributed by atoms with Crippen LogP contribution in [-0.4, -0.2) is 53.3 Å². The molecule has 3 heterocycles. The molecule has 28 heavy (non-hydrogen) atoms. The van der Waals surface area contributed by atoms with Crippen LogP contribution in [0.1, 0.15) is 51.8 Å². The van der Waals surface area contributed by atoms with Gasteiger partial charge in [-0.2, -0.15) is 0 Å². The van der Waals surface area contributed by atoms with Crippen molar-refractivity contribution < 1.29 is 4.74 Å². The van der Waals surface area contributed by atoms with E-state index in [1.807, 2.05) is 0 Å². The zero-order valence-corrected chi connectivity index (χ0v) is 17.7. The van der Waals surface area contributed by atoms with Crippen LogP contribution < -0.4 is 10.5 Å². The topological polar surface area (TPSA) is 61.5 Å². The maximum Gasteiger partial charge on any atom is 0.255 e. The van der Waals surface area contributed by atoms with Gasteiger partial charge in [0.1, 0.15) is 0 Å². The van der Waals surface area contributed by atoms with E-state index in [9.17, 15) is 4.79 Å². The van der Waals surface area contributed by atoms with Gasteiger partial charge in [0.15, 0.2) is 0 Å². The van der Waals surface area contributed by atoms with Gasteiger partial charge in [0.25, 0.3) is 5.56 Å². The lowest BCUT2D eigenvalue weighted by molar-refractivity contribution is -0.00576. The number of morpholine rings is 1. The van der Waals surface area contributed by atoms with Crippen LogP contribution in [0.2, 0.25) is 0 Å². The van der Waals surface area contributed by atoms with Gasteiger partial charge >= 0.3 is 0 Å². The van der Waals surface area contributed by atoms with E-state index >= 15 is 0 Å². The fourth-order valence-electron chi connectivity index (χ4n) is 5.07. The molecule has 0 saturated carbocycles. The zero-order chi connectivity index (χ0) is 19.8. The number of aromatic nitrogens is 2. The molecule has 1 aromatic rings. The molecule has 1 fully saturated rings. The summed E-state index contributed by atoms with van der Waals surface area (Å²) in [6.45, 7) is 13.1. The Morgan fingerprint density at radius 3 is 2.68 bits per heavy atom. The minimum Gasteiger partial charge on any atom is -0.372 e. The van der Waals surface area contributed by atoms with Gasteiger partial charge in [0, 0.05) is 38.3 Å². The molecule has 1 aliphatic carbocycles. The quantitative estimate of drug-likeness (QED) is 0.810. The minimum atomic E-state index is 0.0380. The third-order valence-corrected chi connectivity index (χ3v) is 6.55. The number of hydrogen-bond donors (Lipinski definition) is 1. The molecule has 154 valence electrons. The molecule has 4 rings (SSSR count). The Morgan fingerprint density at radius 1 is 1.21 bits per heavy atom. The number of aromatic amines is 1. The maximum atomic E-state index is 12.7. The summed E-state index contributed by atoms with van der Waals surface area (Å²) in [7, 11) is 0. The molecule has 1 saturated heterocycles. The lowest BCUT2D eigenvalue weighted by Gasteiger charge is -2.37. The number of hydrogen-bond acceptors (Lipinski definition) is 5. The summed E-state index contributed by atoms with van der Waals surface area (Å²) in [4.78, 5) is 25.3. The number of anilines is 1. The van der Waals surface area contributed by atoms with Gasteiger partial charge in [0.05, 0.1) is 17.9 Å². The molecule has 4 atom stereocenters. The summed E-state index contributed by atoms with van der Waals surface area (Å²) in [5.74, 6) is 2.04. The predicted molar refractivity (Wildman–Crippen MR) is 112 cm³/mol. The van der Waals surface area contributed by atoms with Crippen molar-refractivity contribution in [2.45, 2.75) is 65.7 Å². The Morgan fingerprint density at radius 2 is 1.96 bits per heavy atom. The van der Waals surface area contributed by atoms with E-state index in [-0.39, 0.29) is 17.8 Å². The second-order valence-electron chi connectivity index (χ2n) is 9.13. The van der Waals surface area contributed by atoms with Crippen molar-refractivity contribution in [2.75, 3.05) is 31.1 Å². The highest BCUT2D eigenvalue weighted by Crippen LogP contribution is 2.30. The number of rotatable bonds is 3. The Hall–Kier alpha value is -1.66. The first-order valence-electron chi connectivity index (χ1n) is 10.8. The molecule has 1 N–H and O–H groups in total. The van der Waals surface area contributed by atoms with Crippen molar-refractivity contribution in [3.63, 3.8) is 0 Å². The number of allylic oxidation sites excluding steroid dienone is 2. The monoisotopic (exact) mass is 386 g/mol. The van der Waals surface area contributed by atoms with Crippen molar-refractivity contribution >= 4 is 5.95 Å². The summed E-state index contributed by atoms with van der Waals surface area (Å²) < 4.78 is 5.83. The molecule has 1 aromatic heterocycles. The van der Waals surface area contributed by atoms with Gasteiger partial charge in [-0.15, -0.1) is 0 Å². The summed E-state index contributed by atoms with van der Waals surface area (Å²) in [6, 6.07) is 0. The van der Waals surface area contributed by atoms with Crippen LogP contribution in [0.3, 0.4) is 0 Å². The van der Waals surface area contributed by atoms with Crippen molar-refractivity contribution in [1.29, 1.82) is 0 Å². The predicted octanol–water partition coefficient (Wildman–Crippen LogP) is 2.73. The van der Waals surface area contributed by atoms with Gasteiger partial charge in [-0.05, 0) is 51.9 Å². The van der Waals surface area contributed by atoms with Crippen molar-refractivity contribution in [2.24, 2.45) is 11.8 Å².